The SMILES string of the molecule is CC[C@H](C)Oc1cccc(NC(=O)C(=O)NCC(=O)OC(C)C)c1. The fourth-order valence-electron chi connectivity index (χ4n) is 1.69. The number of hydrogen-bond donors (Lipinski definition) is 2. The number of carbonyl (C=O) groups is 3. The van der Waals surface area contributed by atoms with Crippen molar-refractivity contribution in [2.45, 2.75) is 46.3 Å². The first-order valence-corrected chi connectivity index (χ1v) is 7.87. The summed E-state index contributed by atoms with van der Waals surface area (Å²) in [6, 6.07) is 6.75. The summed E-state index contributed by atoms with van der Waals surface area (Å²) >= 11 is 0. The van der Waals surface area contributed by atoms with E-state index in [4.69, 9.17) is 9.47 Å². The third kappa shape index (κ3) is 7.13. The first kappa shape index (κ1) is 19.5. The lowest BCUT2D eigenvalue weighted by molar-refractivity contribution is -0.147. The standard InChI is InChI=1S/C17H24N2O5/c1-5-12(4)24-14-8-6-7-13(9-14)19-17(22)16(21)18-10-15(20)23-11(2)3/h6-9,11-12H,5,10H2,1-4H3,(H,18,21)(H,19,22)/t12-/m0/s1. The third-order valence-electron chi connectivity index (χ3n) is 2.97. The number of ether oxygens (including phenoxy) is 2. The van der Waals surface area contributed by atoms with E-state index in [2.05, 4.69) is 10.6 Å². The maximum Gasteiger partial charge on any atom is 0.325 e. The summed E-state index contributed by atoms with van der Waals surface area (Å²) in [5.41, 5.74) is 0.431. The predicted octanol–water partition coefficient (Wildman–Crippen LogP) is 1.87. The van der Waals surface area contributed by atoms with Gasteiger partial charge in [-0.1, -0.05) is 13.0 Å². The normalized spacial score (nSPS) is 11.5. The molecule has 0 aliphatic rings. The minimum Gasteiger partial charge on any atom is -0.491 e. The summed E-state index contributed by atoms with van der Waals surface area (Å²) in [4.78, 5) is 34.8. The van der Waals surface area contributed by atoms with E-state index in [1.807, 2.05) is 13.8 Å². The van der Waals surface area contributed by atoms with Crippen LogP contribution < -0.4 is 15.4 Å². The van der Waals surface area contributed by atoms with Crippen LogP contribution in [0.25, 0.3) is 0 Å². The Labute approximate surface area is 141 Å². The number of hydrogen-bond acceptors (Lipinski definition) is 5. The Bertz CT molecular complexity index is 586. The molecular weight excluding hydrogens is 312 g/mol. The van der Waals surface area contributed by atoms with Crippen LogP contribution in [-0.4, -0.2) is 36.5 Å². The molecule has 132 valence electrons. The molecule has 0 bridgehead atoms. The number of carbonyl (C=O) groups excluding carboxylic acids is 3. The highest BCUT2D eigenvalue weighted by molar-refractivity contribution is 6.39. The van der Waals surface area contributed by atoms with E-state index in [9.17, 15) is 14.4 Å². The molecule has 7 heteroatoms. The van der Waals surface area contributed by atoms with Gasteiger partial charge in [-0.25, -0.2) is 0 Å². The largest absolute Gasteiger partial charge is 0.491 e. The van der Waals surface area contributed by atoms with Crippen molar-refractivity contribution in [3.63, 3.8) is 0 Å². The lowest BCUT2D eigenvalue weighted by atomic mass is 10.2. The van der Waals surface area contributed by atoms with Gasteiger partial charge in [-0.05, 0) is 39.3 Å². The smallest absolute Gasteiger partial charge is 0.325 e. The molecule has 0 radical (unpaired) electrons. The minimum absolute atomic E-state index is 0.0474. The summed E-state index contributed by atoms with van der Waals surface area (Å²) in [7, 11) is 0. The van der Waals surface area contributed by atoms with Crippen molar-refractivity contribution in [2.75, 3.05) is 11.9 Å². The summed E-state index contributed by atoms with van der Waals surface area (Å²) in [5.74, 6) is -1.78. The van der Waals surface area contributed by atoms with E-state index in [1.54, 1.807) is 38.1 Å². The molecule has 24 heavy (non-hydrogen) atoms. The number of rotatable bonds is 7. The summed E-state index contributed by atoms with van der Waals surface area (Å²) < 4.78 is 10.5. The molecule has 1 atom stereocenters. The Hall–Kier alpha value is -2.57. The van der Waals surface area contributed by atoms with Crippen LogP contribution in [0.4, 0.5) is 5.69 Å². The van der Waals surface area contributed by atoms with Crippen molar-refractivity contribution in [3.05, 3.63) is 24.3 Å². The fourth-order valence-corrected chi connectivity index (χ4v) is 1.69. The minimum atomic E-state index is -0.913. The Balaban J connectivity index is 2.53. The summed E-state index contributed by atoms with van der Waals surface area (Å²) in [6.07, 6.45) is 0.619. The zero-order chi connectivity index (χ0) is 18.1. The second-order valence-corrected chi connectivity index (χ2v) is 5.54. The van der Waals surface area contributed by atoms with Gasteiger partial charge < -0.3 is 20.1 Å². The van der Waals surface area contributed by atoms with Gasteiger partial charge in [-0.15, -0.1) is 0 Å². The zero-order valence-corrected chi connectivity index (χ0v) is 14.4. The van der Waals surface area contributed by atoms with Crippen LogP contribution >= 0.6 is 0 Å². The highest BCUT2D eigenvalue weighted by Gasteiger charge is 2.16. The molecule has 0 aromatic heterocycles. The molecule has 0 aliphatic heterocycles. The first-order chi connectivity index (χ1) is 11.3. The second-order valence-electron chi connectivity index (χ2n) is 5.54. The molecule has 1 rings (SSSR count). The van der Waals surface area contributed by atoms with Crippen LogP contribution in [0.15, 0.2) is 24.3 Å². The Morgan fingerprint density at radius 3 is 2.46 bits per heavy atom. The average molecular weight is 336 g/mol. The lowest BCUT2D eigenvalue weighted by Gasteiger charge is -2.13. The number of anilines is 1. The van der Waals surface area contributed by atoms with Gasteiger partial charge in [0.05, 0.1) is 12.2 Å². The first-order valence-electron chi connectivity index (χ1n) is 7.87. The van der Waals surface area contributed by atoms with Crippen molar-refractivity contribution in [2.24, 2.45) is 0 Å². The van der Waals surface area contributed by atoms with E-state index in [-0.39, 0.29) is 18.8 Å². The van der Waals surface area contributed by atoms with Crippen LogP contribution in [0.3, 0.4) is 0 Å². The van der Waals surface area contributed by atoms with Crippen molar-refractivity contribution in [3.8, 4) is 5.75 Å². The van der Waals surface area contributed by atoms with E-state index in [1.165, 1.54) is 0 Å². The van der Waals surface area contributed by atoms with Gasteiger partial charge in [0.15, 0.2) is 0 Å². The van der Waals surface area contributed by atoms with E-state index < -0.39 is 17.8 Å². The Morgan fingerprint density at radius 1 is 1.12 bits per heavy atom. The van der Waals surface area contributed by atoms with E-state index in [0.717, 1.165) is 6.42 Å². The molecule has 0 spiro atoms. The highest BCUT2D eigenvalue weighted by Crippen LogP contribution is 2.19. The predicted molar refractivity (Wildman–Crippen MR) is 89.7 cm³/mol. The van der Waals surface area contributed by atoms with Gasteiger partial charge in [0.1, 0.15) is 12.3 Å². The van der Waals surface area contributed by atoms with Crippen LogP contribution in [0.2, 0.25) is 0 Å². The highest BCUT2D eigenvalue weighted by atomic mass is 16.5. The maximum absolute atomic E-state index is 11.8. The number of benzene rings is 1. The Kier molecular flexibility index (Phi) is 7.74. The molecular formula is C17H24N2O5. The van der Waals surface area contributed by atoms with Crippen molar-refractivity contribution in [1.29, 1.82) is 0 Å². The van der Waals surface area contributed by atoms with Crippen LogP contribution in [0, 0.1) is 0 Å². The molecule has 0 aliphatic carbocycles. The van der Waals surface area contributed by atoms with E-state index in [0.29, 0.717) is 11.4 Å². The number of nitrogens with one attached hydrogen (secondary N) is 2. The van der Waals surface area contributed by atoms with Crippen LogP contribution in [-0.2, 0) is 19.1 Å². The van der Waals surface area contributed by atoms with Gasteiger partial charge in [0, 0.05) is 11.8 Å². The van der Waals surface area contributed by atoms with Crippen LogP contribution in [0.1, 0.15) is 34.1 Å². The molecule has 0 saturated carbocycles. The molecule has 1 aromatic rings. The lowest BCUT2D eigenvalue weighted by Crippen LogP contribution is -2.39. The molecule has 0 heterocycles. The van der Waals surface area contributed by atoms with Crippen LogP contribution in [0.5, 0.6) is 5.75 Å². The molecule has 1 aromatic carbocycles. The topological polar surface area (TPSA) is 93.7 Å². The molecule has 7 nitrogen and oxygen atoms in total. The molecule has 2 amide bonds. The molecule has 0 saturated heterocycles. The van der Waals surface area contributed by atoms with E-state index >= 15 is 0 Å². The molecule has 0 unspecified atom stereocenters. The second kappa shape index (κ2) is 9.54. The van der Waals surface area contributed by atoms with Crippen molar-refractivity contribution in [1.82, 2.24) is 5.32 Å². The van der Waals surface area contributed by atoms with Gasteiger partial charge in [0.25, 0.3) is 0 Å². The maximum atomic E-state index is 11.8. The zero-order valence-electron chi connectivity index (χ0n) is 14.4. The molecule has 2 N–H and O–H groups in total. The molecule has 0 fully saturated rings. The number of amides is 2. The average Bonchev–Trinajstić information content (AvgIpc) is 2.52. The Morgan fingerprint density at radius 2 is 1.83 bits per heavy atom. The fraction of sp³-hybridized carbons (Fsp3) is 0.471. The summed E-state index contributed by atoms with van der Waals surface area (Å²) in [6.45, 7) is 6.98. The van der Waals surface area contributed by atoms with Gasteiger partial charge in [-0.3, -0.25) is 14.4 Å². The van der Waals surface area contributed by atoms with Crippen molar-refractivity contribution >= 4 is 23.5 Å². The summed E-state index contributed by atoms with van der Waals surface area (Å²) in [5, 5.41) is 4.66. The third-order valence-corrected chi connectivity index (χ3v) is 2.97. The van der Waals surface area contributed by atoms with Gasteiger partial charge in [0.2, 0.25) is 0 Å². The number of esters is 1. The quantitative estimate of drug-likeness (QED) is 0.586. The van der Waals surface area contributed by atoms with Crippen molar-refractivity contribution < 1.29 is 23.9 Å². The van der Waals surface area contributed by atoms with Gasteiger partial charge in [-0.2, -0.15) is 0 Å². The van der Waals surface area contributed by atoms with Gasteiger partial charge >= 0.3 is 17.8 Å². The monoisotopic (exact) mass is 336 g/mol.